The molecule has 0 unspecified atom stereocenters. The van der Waals surface area contributed by atoms with Crippen molar-refractivity contribution in [3.63, 3.8) is 0 Å². The van der Waals surface area contributed by atoms with E-state index in [9.17, 15) is 4.79 Å². The van der Waals surface area contributed by atoms with E-state index in [0.717, 1.165) is 65.9 Å². The molecule has 0 aliphatic carbocycles. The molecule has 28 heavy (non-hydrogen) atoms. The van der Waals surface area contributed by atoms with Gasteiger partial charge in [-0.05, 0) is 18.9 Å². The molecule has 0 bridgehead atoms. The van der Waals surface area contributed by atoms with E-state index < -0.39 is 0 Å². The van der Waals surface area contributed by atoms with E-state index in [-0.39, 0.29) is 11.9 Å². The predicted octanol–water partition coefficient (Wildman–Crippen LogP) is 2.72. The van der Waals surface area contributed by atoms with Crippen LogP contribution in [0.15, 0.2) is 41.0 Å². The van der Waals surface area contributed by atoms with Gasteiger partial charge < -0.3 is 19.9 Å². The van der Waals surface area contributed by atoms with Gasteiger partial charge in [-0.15, -0.1) is 0 Å². The molecule has 3 heterocycles. The number of para-hydroxylation sites is 1. The van der Waals surface area contributed by atoms with Gasteiger partial charge in [-0.2, -0.15) is 0 Å². The topological polar surface area (TPSA) is 72.8 Å². The maximum Gasteiger partial charge on any atom is 0.219 e. The zero-order chi connectivity index (χ0) is 19.7. The Morgan fingerprint density at radius 3 is 2.75 bits per heavy atom. The summed E-state index contributed by atoms with van der Waals surface area (Å²) in [7, 11) is 2.03. The average molecular weight is 380 g/mol. The monoisotopic (exact) mass is 380 g/mol. The number of benzene rings is 1. The fourth-order valence-corrected chi connectivity index (χ4v) is 4.16. The van der Waals surface area contributed by atoms with Crippen LogP contribution < -0.4 is 5.73 Å². The summed E-state index contributed by atoms with van der Waals surface area (Å²) in [5, 5.41) is 1.13. The highest BCUT2D eigenvalue weighted by molar-refractivity contribution is 6.09. The molecule has 6 heteroatoms. The van der Waals surface area contributed by atoms with Gasteiger partial charge in [-0.1, -0.05) is 18.2 Å². The Labute approximate surface area is 165 Å². The van der Waals surface area contributed by atoms with Crippen LogP contribution in [-0.2, 0) is 16.6 Å². The van der Waals surface area contributed by atoms with Crippen LogP contribution in [0, 0.1) is 0 Å². The number of amides is 1. The molecular formula is C22H28N4O2. The van der Waals surface area contributed by atoms with Gasteiger partial charge in [0.25, 0.3) is 0 Å². The number of aryl methyl sites for hydroxylation is 1. The largest absolute Gasteiger partial charge is 0.398 e. The van der Waals surface area contributed by atoms with Gasteiger partial charge in [0.15, 0.2) is 0 Å². The third kappa shape index (κ3) is 3.56. The highest BCUT2D eigenvalue weighted by Crippen LogP contribution is 2.29. The van der Waals surface area contributed by atoms with Gasteiger partial charge in [0.1, 0.15) is 0 Å². The fraction of sp³-hybridized carbons (Fsp3) is 0.455. The number of carbonyl (C=O) groups is 1. The zero-order valence-corrected chi connectivity index (χ0v) is 16.6. The van der Waals surface area contributed by atoms with E-state index in [1.54, 1.807) is 6.92 Å². The van der Waals surface area contributed by atoms with Crippen LogP contribution in [0.3, 0.4) is 0 Å². The molecular weight excluding hydrogens is 352 g/mol. The summed E-state index contributed by atoms with van der Waals surface area (Å²) in [4.78, 5) is 18.9. The lowest BCUT2D eigenvalue weighted by atomic mass is 9.95. The molecule has 6 nitrogen and oxygen atoms in total. The van der Waals surface area contributed by atoms with Gasteiger partial charge in [0.05, 0.1) is 6.04 Å². The minimum Gasteiger partial charge on any atom is -0.398 e. The minimum absolute atomic E-state index is 0.0772. The quantitative estimate of drug-likeness (QED) is 0.871. The Hall–Kier alpha value is -2.60. The normalized spacial score (nSPS) is 22.1. The van der Waals surface area contributed by atoms with Crippen LogP contribution in [0.1, 0.15) is 31.7 Å². The first-order valence-corrected chi connectivity index (χ1v) is 9.98. The molecule has 2 saturated heterocycles. The van der Waals surface area contributed by atoms with Crippen molar-refractivity contribution >= 4 is 28.2 Å². The molecule has 0 saturated carbocycles. The average Bonchev–Trinajstić information content (AvgIpc) is 3.05. The Morgan fingerprint density at radius 2 is 2.00 bits per heavy atom. The van der Waals surface area contributed by atoms with Crippen molar-refractivity contribution in [3.8, 4) is 0 Å². The molecule has 2 aromatic rings. The molecule has 2 N–H and O–H groups in total. The van der Waals surface area contributed by atoms with Crippen LogP contribution in [-0.4, -0.2) is 53.4 Å². The predicted molar refractivity (Wildman–Crippen MR) is 112 cm³/mol. The van der Waals surface area contributed by atoms with Crippen molar-refractivity contribution in [1.29, 1.82) is 0 Å². The molecule has 1 amide bonds. The van der Waals surface area contributed by atoms with Crippen LogP contribution in [0.4, 0.5) is 0 Å². The Kier molecular flexibility index (Phi) is 5.22. The fourth-order valence-electron chi connectivity index (χ4n) is 4.16. The second-order valence-electron chi connectivity index (χ2n) is 7.67. The molecule has 2 fully saturated rings. The highest BCUT2D eigenvalue weighted by Gasteiger charge is 2.26. The number of nitrogens with zero attached hydrogens (tertiary/aromatic N) is 3. The number of hydrogen-bond acceptors (Lipinski definition) is 4. The van der Waals surface area contributed by atoms with E-state index >= 15 is 0 Å². The SMILES string of the molecule is CC(=O)N1CCC(=NC2CCOCC2)C(=C(N)c2cn(C)c3ccccc23)C1. The van der Waals surface area contributed by atoms with E-state index in [1.165, 1.54) is 0 Å². The lowest BCUT2D eigenvalue weighted by molar-refractivity contribution is -0.128. The molecule has 4 rings (SSSR count). The van der Waals surface area contributed by atoms with Crippen LogP contribution in [0.25, 0.3) is 16.6 Å². The second-order valence-corrected chi connectivity index (χ2v) is 7.67. The van der Waals surface area contributed by atoms with E-state index in [4.69, 9.17) is 15.5 Å². The number of aromatic nitrogens is 1. The summed E-state index contributed by atoms with van der Waals surface area (Å²) in [6.45, 7) is 4.36. The Morgan fingerprint density at radius 1 is 1.25 bits per heavy atom. The van der Waals surface area contributed by atoms with Crippen LogP contribution in [0.2, 0.25) is 0 Å². The number of hydrogen-bond donors (Lipinski definition) is 1. The summed E-state index contributed by atoms with van der Waals surface area (Å²) < 4.78 is 7.57. The molecule has 1 aromatic heterocycles. The van der Waals surface area contributed by atoms with Crippen molar-refractivity contribution in [1.82, 2.24) is 9.47 Å². The van der Waals surface area contributed by atoms with Crippen LogP contribution in [0.5, 0.6) is 0 Å². The molecule has 148 valence electrons. The number of ether oxygens (including phenoxy) is 1. The summed E-state index contributed by atoms with van der Waals surface area (Å²) in [5.74, 6) is 0.0772. The van der Waals surface area contributed by atoms with Crippen LogP contribution >= 0.6 is 0 Å². The number of nitrogens with two attached hydrogens (primary N) is 1. The standard InChI is InChI=1S/C22H28N4O2/c1-15(27)26-10-7-20(24-16-8-11-28-12-9-16)19(14-26)22(23)18-13-25(2)21-6-4-3-5-17(18)21/h3-6,13,16H,7-12,14,23H2,1-2H3. The number of carbonyl (C=O) groups excluding carboxylic acids is 1. The first-order valence-electron chi connectivity index (χ1n) is 9.98. The number of aliphatic imine (C=N–C) groups is 1. The molecule has 0 atom stereocenters. The number of fused-ring (bicyclic) bond motifs is 1. The highest BCUT2D eigenvalue weighted by atomic mass is 16.5. The maximum absolute atomic E-state index is 12.0. The van der Waals surface area contributed by atoms with Crippen molar-refractivity contribution in [2.45, 2.75) is 32.2 Å². The molecule has 1 aromatic carbocycles. The molecule has 0 spiro atoms. The smallest absolute Gasteiger partial charge is 0.219 e. The van der Waals surface area contributed by atoms with E-state index in [1.807, 2.05) is 24.1 Å². The third-order valence-electron chi connectivity index (χ3n) is 5.80. The summed E-state index contributed by atoms with van der Waals surface area (Å²) in [5.41, 5.74) is 11.7. The lowest BCUT2D eigenvalue weighted by Crippen LogP contribution is -2.40. The Balaban J connectivity index is 1.79. The van der Waals surface area contributed by atoms with Crippen molar-refractivity contribution in [3.05, 3.63) is 41.6 Å². The van der Waals surface area contributed by atoms with Gasteiger partial charge in [-0.3, -0.25) is 9.79 Å². The summed E-state index contributed by atoms with van der Waals surface area (Å²) in [6, 6.07) is 8.54. The summed E-state index contributed by atoms with van der Waals surface area (Å²) in [6.07, 6.45) is 4.71. The first kappa shape index (κ1) is 18.7. The molecule has 0 radical (unpaired) electrons. The lowest BCUT2D eigenvalue weighted by Gasteiger charge is -2.31. The summed E-state index contributed by atoms with van der Waals surface area (Å²) >= 11 is 0. The second kappa shape index (κ2) is 7.80. The van der Waals surface area contributed by atoms with E-state index in [2.05, 4.69) is 22.9 Å². The molecule has 2 aliphatic rings. The van der Waals surface area contributed by atoms with Gasteiger partial charge >= 0.3 is 0 Å². The zero-order valence-electron chi connectivity index (χ0n) is 16.6. The van der Waals surface area contributed by atoms with Gasteiger partial charge in [0, 0.05) is 86.3 Å². The first-order chi connectivity index (χ1) is 13.5. The van der Waals surface area contributed by atoms with E-state index in [0.29, 0.717) is 13.1 Å². The minimum atomic E-state index is 0.0772. The van der Waals surface area contributed by atoms with Crippen molar-refractivity contribution in [2.75, 3.05) is 26.3 Å². The molecule has 2 aliphatic heterocycles. The number of likely N-dealkylation sites (tertiary alicyclic amines) is 1. The van der Waals surface area contributed by atoms with Crippen molar-refractivity contribution < 1.29 is 9.53 Å². The number of rotatable bonds is 2. The van der Waals surface area contributed by atoms with Crippen molar-refractivity contribution in [2.24, 2.45) is 17.8 Å². The van der Waals surface area contributed by atoms with Gasteiger partial charge in [0.2, 0.25) is 5.91 Å². The maximum atomic E-state index is 12.0. The van der Waals surface area contributed by atoms with Gasteiger partial charge in [-0.25, -0.2) is 0 Å². The third-order valence-corrected chi connectivity index (χ3v) is 5.80. The number of piperidine rings is 1. The Bertz CT molecular complexity index is 951.